The molecular formula is C24H18N2O4. The summed E-state index contributed by atoms with van der Waals surface area (Å²) in [7, 11) is 0. The number of carbonyl (C=O) groups is 1. The molecule has 0 spiro atoms. The first-order chi connectivity index (χ1) is 14.5. The van der Waals surface area contributed by atoms with E-state index in [1.165, 1.54) is 17.8 Å². The molecule has 4 aromatic rings. The quantitative estimate of drug-likeness (QED) is 0.497. The van der Waals surface area contributed by atoms with Gasteiger partial charge in [-0.15, -0.1) is 0 Å². The maximum absolute atomic E-state index is 12.0. The van der Waals surface area contributed by atoms with Crippen LogP contribution in [0.4, 0.5) is 0 Å². The lowest BCUT2D eigenvalue weighted by atomic mass is 10.0. The van der Waals surface area contributed by atoms with E-state index in [1.807, 2.05) is 72.8 Å². The van der Waals surface area contributed by atoms with Crippen LogP contribution in [0, 0.1) is 0 Å². The van der Waals surface area contributed by atoms with Gasteiger partial charge in [0.05, 0.1) is 11.9 Å². The standard InChI is InChI=1S/C24H18N2O4/c1-16(27)23-24(29)21(28)15-26(25-23)20-13-7-5-11-18(20)19-12-6-8-14-22(19)30-17-9-3-2-4-10-17/h2-15,28H,1H3. The molecule has 3 aromatic carbocycles. The summed E-state index contributed by atoms with van der Waals surface area (Å²) in [4.78, 5) is 23.8. The lowest BCUT2D eigenvalue weighted by molar-refractivity contribution is 0.100. The number of para-hydroxylation sites is 3. The maximum Gasteiger partial charge on any atom is 0.252 e. The molecule has 1 N–H and O–H groups in total. The fourth-order valence-electron chi connectivity index (χ4n) is 3.13. The van der Waals surface area contributed by atoms with E-state index in [2.05, 4.69) is 5.10 Å². The lowest BCUT2D eigenvalue weighted by Crippen LogP contribution is -2.20. The zero-order valence-corrected chi connectivity index (χ0v) is 16.1. The summed E-state index contributed by atoms with van der Waals surface area (Å²) < 4.78 is 7.41. The highest BCUT2D eigenvalue weighted by Crippen LogP contribution is 2.36. The number of ketones is 1. The van der Waals surface area contributed by atoms with Gasteiger partial charge >= 0.3 is 0 Å². The number of aromatic nitrogens is 2. The average Bonchev–Trinajstić information content (AvgIpc) is 2.76. The van der Waals surface area contributed by atoms with Gasteiger partial charge in [0.15, 0.2) is 17.2 Å². The van der Waals surface area contributed by atoms with Crippen LogP contribution >= 0.6 is 0 Å². The molecule has 0 saturated carbocycles. The van der Waals surface area contributed by atoms with E-state index in [0.29, 0.717) is 17.2 Å². The molecule has 148 valence electrons. The van der Waals surface area contributed by atoms with Gasteiger partial charge in [-0.2, -0.15) is 5.10 Å². The Morgan fingerprint density at radius 3 is 2.27 bits per heavy atom. The molecule has 30 heavy (non-hydrogen) atoms. The molecule has 0 aliphatic heterocycles. The molecule has 1 aromatic heterocycles. The summed E-state index contributed by atoms with van der Waals surface area (Å²) in [5.41, 5.74) is 1.03. The van der Waals surface area contributed by atoms with Gasteiger partial charge in [-0.05, 0) is 24.3 Å². The molecule has 0 saturated heterocycles. The van der Waals surface area contributed by atoms with Gasteiger partial charge in [0.25, 0.3) is 5.43 Å². The normalized spacial score (nSPS) is 10.6. The van der Waals surface area contributed by atoms with E-state index in [9.17, 15) is 14.7 Å². The van der Waals surface area contributed by atoms with Crippen molar-refractivity contribution < 1.29 is 14.6 Å². The smallest absolute Gasteiger partial charge is 0.252 e. The second-order valence-corrected chi connectivity index (χ2v) is 6.62. The summed E-state index contributed by atoms with van der Waals surface area (Å²) in [6, 6.07) is 24.3. The van der Waals surface area contributed by atoms with Gasteiger partial charge in [0.1, 0.15) is 11.5 Å². The molecule has 6 heteroatoms. The minimum Gasteiger partial charge on any atom is -0.503 e. The Balaban J connectivity index is 1.87. The predicted octanol–water partition coefficient (Wildman–Crippen LogP) is 4.60. The van der Waals surface area contributed by atoms with E-state index >= 15 is 0 Å². The van der Waals surface area contributed by atoms with Crippen LogP contribution in [0.1, 0.15) is 17.4 Å². The summed E-state index contributed by atoms with van der Waals surface area (Å²) in [5, 5.41) is 14.2. The van der Waals surface area contributed by atoms with Crippen LogP contribution in [0.3, 0.4) is 0 Å². The fourth-order valence-corrected chi connectivity index (χ4v) is 3.13. The molecule has 1 heterocycles. The Kier molecular flexibility index (Phi) is 5.13. The van der Waals surface area contributed by atoms with Gasteiger partial charge in [0, 0.05) is 18.1 Å². The molecule has 6 nitrogen and oxygen atoms in total. The zero-order chi connectivity index (χ0) is 21.1. The molecule has 0 bridgehead atoms. The first kappa shape index (κ1) is 19.1. The van der Waals surface area contributed by atoms with Gasteiger partial charge in [0.2, 0.25) is 0 Å². The summed E-state index contributed by atoms with van der Waals surface area (Å²) in [6.07, 6.45) is 1.20. The topological polar surface area (TPSA) is 81.4 Å². The SMILES string of the molecule is CC(=O)c1nn(-c2ccccc2-c2ccccc2Oc2ccccc2)cc(O)c1=O. The first-order valence-corrected chi connectivity index (χ1v) is 9.30. The Labute approximate surface area is 172 Å². The lowest BCUT2D eigenvalue weighted by Gasteiger charge is -2.16. The second-order valence-electron chi connectivity index (χ2n) is 6.62. The zero-order valence-electron chi connectivity index (χ0n) is 16.1. The summed E-state index contributed by atoms with van der Waals surface area (Å²) >= 11 is 0. The Bertz CT molecular complexity index is 1280. The van der Waals surface area contributed by atoms with Gasteiger partial charge < -0.3 is 9.84 Å². The van der Waals surface area contributed by atoms with Crippen LogP contribution in [0.15, 0.2) is 89.9 Å². The van der Waals surface area contributed by atoms with Crippen LogP contribution in [-0.2, 0) is 0 Å². The molecule has 0 radical (unpaired) electrons. The number of Topliss-reactive ketones (excluding diaryl/α,β-unsaturated/α-hetero) is 1. The number of ether oxygens (including phenoxy) is 1. The average molecular weight is 398 g/mol. The van der Waals surface area contributed by atoms with Crippen molar-refractivity contribution in [3.63, 3.8) is 0 Å². The predicted molar refractivity (Wildman–Crippen MR) is 113 cm³/mol. The Hall–Kier alpha value is -4.19. The van der Waals surface area contributed by atoms with E-state index in [4.69, 9.17) is 4.74 Å². The molecule has 0 aliphatic rings. The van der Waals surface area contributed by atoms with E-state index in [-0.39, 0.29) is 5.69 Å². The van der Waals surface area contributed by atoms with Crippen molar-refractivity contribution in [1.82, 2.24) is 9.78 Å². The number of rotatable bonds is 5. The van der Waals surface area contributed by atoms with Gasteiger partial charge in [-0.25, -0.2) is 4.68 Å². The molecule has 0 unspecified atom stereocenters. The highest BCUT2D eigenvalue weighted by molar-refractivity contribution is 5.92. The van der Waals surface area contributed by atoms with Crippen LogP contribution in [0.25, 0.3) is 16.8 Å². The van der Waals surface area contributed by atoms with Crippen LogP contribution < -0.4 is 10.2 Å². The van der Waals surface area contributed by atoms with Crippen molar-refractivity contribution in [2.45, 2.75) is 6.92 Å². The number of aromatic hydroxyl groups is 1. The third-order valence-electron chi connectivity index (χ3n) is 4.53. The van der Waals surface area contributed by atoms with Crippen molar-refractivity contribution >= 4 is 5.78 Å². The van der Waals surface area contributed by atoms with Gasteiger partial charge in [-0.1, -0.05) is 54.6 Å². The number of hydrogen-bond acceptors (Lipinski definition) is 5. The van der Waals surface area contributed by atoms with Crippen molar-refractivity contribution in [3.05, 3.63) is 101 Å². The molecule has 4 rings (SSSR count). The Morgan fingerprint density at radius 1 is 0.900 bits per heavy atom. The second kappa shape index (κ2) is 8.05. The third kappa shape index (κ3) is 3.71. The molecule has 0 aliphatic carbocycles. The van der Waals surface area contributed by atoms with Crippen molar-refractivity contribution in [3.8, 4) is 34.1 Å². The van der Waals surface area contributed by atoms with E-state index < -0.39 is 17.0 Å². The molecule has 0 fully saturated rings. The van der Waals surface area contributed by atoms with E-state index in [0.717, 1.165) is 11.1 Å². The number of hydrogen-bond donors (Lipinski definition) is 1. The highest BCUT2D eigenvalue weighted by atomic mass is 16.5. The Morgan fingerprint density at radius 2 is 1.53 bits per heavy atom. The molecule has 0 amide bonds. The van der Waals surface area contributed by atoms with Crippen LogP contribution in [0.5, 0.6) is 17.2 Å². The van der Waals surface area contributed by atoms with Crippen LogP contribution in [-0.4, -0.2) is 20.7 Å². The highest BCUT2D eigenvalue weighted by Gasteiger charge is 2.17. The van der Waals surface area contributed by atoms with Crippen molar-refractivity contribution in [2.24, 2.45) is 0 Å². The largest absolute Gasteiger partial charge is 0.503 e. The summed E-state index contributed by atoms with van der Waals surface area (Å²) in [5.74, 6) is 0.266. The third-order valence-corrected chi connectivity index (χ3v) is 4.53. The fraction of sp³-hybridized carbons (Fsp3) is 0.0417. The monoisotopic (exact) mass is 398 g/mol. The minimum absolute atomic E-state index is 0.321. The molecular weight excluding hydrogens is 380 g/mol. The first-order valence-electron chi connectivity index (χ1n) is 9.30. The minimum atomic E-state index is -0.788. The summed E-state index contributed by atoms with van der Waals surface area (Å²) in [6.45, 7) is 1.24. The van der Waals surface area contributed by atoms with Gasteiger partial charge in [-0.3, -0.25) is 9.59 Å². The van der Waals surface area contributed by atoms with E-state index in [1.54, 1.807) is 6.07 Å². The number of benzene rings is 3. The molecule has 0 atom stereocenters. The number of carbonyl (C=O) groups excluding carboxylic acids is 1. The maximum atomic E-state index is 12.0. The van der Waals surface area contributed by atoms with Crippen molar-refractivity contribution in [2.75, 3.05) is 0 Å². The number of nitrogens with zero attached hydrogens (tertiary/aromatic N) is 2. The van der Waals surface area contributed by atoms with Crippen molar-refractivity contribution in [1.29, 1.82) is 0 Å². The van der Waals surface area contributed by atoms with Crippen LogP contribution in [0.2, 0.25) is 0 Å².